The molecule has 7 nitrogen and oxygen atoms in total. The van der Waals surface area contributed by atoms with Crippen LogP contribution < -0.4 is 0 Å². The number of carbonyl (C=O) groups is 2. The van der Waals surface area contributed by atoms with Crippen molar-refractivity contribution in [3.05, 3.63) is 29.3 Å². The van der Waals surface area contributed by atoms with Gasteiger partial charge in [0, 0.05) is 0 Å². The fourth-order valence-corrected chi connectivity index (χ4v) is 1.45. The number of aliphatic hydroxyl groups is 2. The molecule has 19 heavy (non-hydrogen) atoms. The smallest absolute Gasteiger partial charge is 0.341 e. The van der Waals surface area contributed by atoms with Crippen LogP contribution in [-0.4, -0.2) is 47.6 Å². The maximum Gasteiger partial charge on any atom is 0.341 e. The molecule has 0 aliphatic carbocycles. The summed E-state index contributed by atoms with van der Waals surface area (Å²) in [4.78, 5) is 22.3. The first kappa shape index (κ1) is 14.9. The van der Waals surface area contributed by atoms with E-state index in [0.717, 1.165) is 20.3 Å². The van der Waals surface area contributed by atoms with Crippen molar-refractivity contribution in [3.8, 4) is 5.75 Å². The summed E-state index contributed by atoms with van der Waals surface area (Å²) in [5.41, 5.74) is -0.0333. The number of methoxy groups -OCH3 is 2. The molecular formula is C12H14O7. The second-order valence-electron chi connectivity index (χ2n) is 3.68. The van der Waals surface area contributed by atoms with Crippen LogP contribution in [0.3, 0.4) is 0 Å². The Morgan fingerprint density at radius 1 is 1.16 bits per heavy atom. The third-order valence-electron chi connectivity index (χ3n) is 2.51. The lowest BCUT2D eigenvalue weighted by Crippen LogP contribution is -2.29. The van der Waals surface area contributed by atoms with Crippen molar-refractivity contribution >= 4 is 11.9 Å². The molecule has 7 heteroatoms. The average Bonchev–Trinajstić information content (AvgIpc) is 2.43. The number of ether oxygens (including phenoxy) is 2. The van der Waals surface area contributed by atoms with E-state index in [9.17, 15) is 24.9 Å². The van der Waals surface area contributed by atoms with Crippen molar-refractivity contribution < 1.29 is 34.4 Å². The van der Waals surface area contributed by atoms with Gasteiger partial charge in [0.25, 0.3) is 0 Å². The van der Waals surface area contributed by atoms with Gasteiger partial charge >= 0.3 is 11.9 Å². The van der Waals surface area contributed by atoms with Crippen molar-refractivity contribution in [2.75, 3.05) is 14.2 Å². The summed E-state index contributed by atoms with van der Waals surface area (Å²) in [6.45, 7) is 0. The van der Waals surface area contributed by atoms with E-state index in [4.69, 9.17) is 0 Å². The Balaban J connectivity index is 3.01. The maximum atomic E-state index is 11.2. The minimum atomic E-state index is -1.78. The summed E-state index contributed by atoms with van der Waals surface area (Å²) in [7, 11) is 2.22. The number of hydrogen-bond acceptors (Lipinski definition) is 7. The maximum absolute atomic E-state index is 11.2. The first-order valence-electron chi connectivity index (χ1n) is 5.27. The minimum absolute atomic E-state index is 0.0584. The van der Waals surface area contributed by atoms with Gasteiger partial charge in [-0.25, -0.2) is 9.59 Å². The number of rotatable bonds is 4. The third kappa shape index (κ3) is 3.21. The molecule has 0 aliphatic rings. The van der Waals surface area contributed by atoms with Gasteiger partial charge < -0.3 is 24.8 Å². The number of aromatic hydroxyl groups is 1. The molecule has 2 atom stereocenters. The van der Waals surface area contributed by atoms with Crippen LogP contribution >= 0.6 is 0 Å². The van der Waals surface area contributed by atoms with E-state index in [1.807, 2.05) is 0 Å². The highest BCUT2D eigenvalue weighted by molar-refractivity contribution is 5.92. The van der Waals surface area contributed by atoms with Crippen LogP contribution in [-0.2, 0) is 14.3 Å². The standard InChI is InChI=1S/C12H14O7/c1-18-11(16)7-4-3-6(5-8(7)13)9(14)10(15)12(17)19-2/h3-5,9-10,13-15H,1-2H3. The zero-order chi connectivity index (χ0) is 14.6. The van der Waals surface area contributed by atoms with Crippen LogP contribution in [0.2, 0.25) is 0 Å². The van der Waals surface area contributed by atoms with Crippen molar-refractivity contribution in [1.82, 2.24) is 0 Å². The molecular weight excluding hydrogens is 256 g/mol. The van der Waals surface area contributed by atoms with E-state index in [-0.39, 0.29) is 11.1 Å². The summed E-state index contributed by atoms with van der Waals surface area (Å²) in [5.74, 6) is -2.18. The number of benzene rings is 1. The molecule has 0 spiro atoms. The molecule has 2 unspecified atom stereocenters. The quantitative estimate of drug-likeness (QED) is 0.646. The van der Waals surface area contributed by atoms with Crippen molar-refractivity contribution in [2.45, 2.75) is 12.2 Å². The zero-order valence-corrected chi connectivity index (χ0v) is 10.4. The lowest BCUT2D eigenvalue weighted by atomic mass is 10.0. The van der Waals surface area contributed by atoms with E-state index in [0.29, 0.717) is 0 Å². The average molecular weight is 270 g/mol. The molecule has 0 amide bonds. The fourth-order valence-electron chi connectivity index (χ4n) is 1.45. The van der Waals surface area contributed by atoms with Gasteiger partial charge in [-0.15, -0.1) is 0 Å². The molecule has 0 aromatic heterocycles. The Morgan fingerprint density at radius 3 is 2.26 bits per heavy atom. The Labute approximate surface area is 109 Å². The number of phenols is 1. The summed E-state index contributed by atoms with van der Waals surface area (Å²) >= 11 is 0. The van der Waals surface area contributed by atoms with Crippen molar-refractivity contribution in [2.24, 2.45) is 0 Å². The van der Waals surface area contributed by atoms with Crippen LogP contribution in [0.4, 0.5) is 0 Å². The van der Waals surface area contributed by atoms with Gasteiger partial charge in [0.2, 0.25) is 0 Å². The summed E-state index contributed by atoms with van der Waals surface area (Å²) < 4.78 is 8.71. The van der Waals surface area contributed by atoms with Gasteiger partial charge in [-0.05, 0) is 17.7 Å². The normalized spacial score (nSPS) is 13.5. The number of hydrogen-bond donors (Lipinski definition) is 3. The lowest BCUT2D eigenvalue weighted by molar-refractivity contribution is -0.156. The molecule has 104 valence electrons. The van der Waals surface area contributed by atoms with E-state index < -0.39 is 29.9 Å². The first-order valence-corrected chi connectivity index (χ1v) is 5.27. The predicted molar refractivity (Wildman–Crippen MR) is 62.4 cm³/mol. The van der Waals surface area contributed by atoms with E-state index in [2.05, 4.69) is 9.47 Å². The predicted octanol–water partition coefficient (Wildman–Crippen LogP) is -0.254. The summed E-state index contributed by atoms with van der Waals surface area (Å²) in [6.07, 6.45) is -3.36. The summed E-state index contributed by atoms with van der Waals surface area (Å²) in [5, 5.41) is 28.8. The first-order chi connectivity index (χ1) is 8.92. The Bertz CT molecular complexity index is 483. The van der Waals surface area contributed by atoms with Crippen LogP contribution in [0.25, 0.3) is 0 Å². The van der Waals surface area contributed by atoms with Gasteiger partial charge in [-0.3, -0.25) is 0 Å². The van der Waals surface area contributed by atoms with Gasteiger partial charge in [0.05, 0.1) is 14.2 Å². The van der Waals surface area contributed by atoms with Crippen LogP contribution in [0.1, 0.15) is 22.0 Å². The highest BCUT2D eigenvalue weighted by Crippen LogP contribution is 2.25. The van der Waals surface area contributed by atoms with Crippen molar-refractivity contribution in [1.29, 1.82) is 0 Å². The number of esters is 2. The highest BCUT2D eigenvalue weighted by Gasteiger charge is 2.27. The zero-order valence-electron chi connectivity index (χ0n) is 10.4. The molecule has 0 aliphatic heterocycles. The molecule has 3 N–H and O–H groups in total. The molecule has 1 rings (SSSR count). The van der Waals surface area contributed by atoms with Crippen LogP contribution in [0.15, 0.2) is 18.2 Å². The van der Waals surface area contributed by atoms with Gasteiger partial charge in [-0.1, -0.05) is 6.07 Å². The third-order valence-corrected chi connectivity index (χ3v) is 2.51. The van der Waals surface area contributed by atoms with Gasteiger partial charge in [0.15, 0.2) is 6.10 Å². The summed E-state index contributed by atoms with van der Waals surface area (Å²) in [6, 6.07) is 3.55. The van der Waals surface area contributed by atoms with Gasteiger partial charge in [-0.2, -0.15) is 0 Å². The number of aliphatic hydroxyl groups excluding tert-OH is 2. The Kier molecular flexibility index (Phi) is 4.85. The number of carbonyl (C=O) groups excluding carboxylic acids is 2. The Morgan fingerprint density at radius 2 is 1.79 bits per heavy atom. The van der Waals surface area contributed by atoms with E-state index in [1.54, 1.807) is 0 Å². The number of phenolic OH excluding ortho intramolecular Hbond substituents is 1. The SMILES string of the molecule is COC(=O)c1ccc(C(O)C(O)C(=O)OC)cc1O. The van der Waals surface area contributed by atoms with E-state index in [1.165, 1.54) is 12.1 Å². The largest absolute Gasteiger partial charge is 0.507 e. The monoisotopic (exact) mass is 270 g/mol. The lowest BCUT2D eigenvalue weighted by Gasteiger charge is -2.16. The Hall–Kier alpha value is -2.12. The molecule has 0 fully saturated rings. The minimum Gasteiger partial charge on any atom is -0.507 e. The van der Waals surface area contributed by atoms with Gasteiger partial charge in [0.1, 0.15) is 17.4 Å². The molecule has 0 saturated carbocycles. The molecule has 0 saturated heterocycles. The van der Waals surface area contributed by atoms with E-state index >= 15 is 0 Å². The van der Waals surface area contributed by atoms with Crippen LogP contribution in [0, 0.1) is 0 Å². The molecule has 0 radical (unpaired) electrons. The second kappa shape index (κ2) is 6.17. The fraction of sp³-hybridized carbons (Fsp3) is 0.333. The van der Waals surface area contributed by atoms with Crippen LogP contribution in [0.5, 0.6) is 5.75 Å². The topological polar surface area (TPSA) is 113 Å². The molecule has 0 bridgehead atoms. The molecule has 1 aromatic rings. The highest BCUT2D eigenvalue weighted by atomic mass is 16.5. The second-order valence-corrected chi connectivity index (χ2v) is 3.68. The molecule has 0 heterocycles. The van der Waals surface area contributed by atoms with Crippen molar-refractivity contribution in [3.63, 3.8) is 0 Å². The molecule has 1 aromatic carbocycles.